The van der Waals surface area contributed by atoms with Gasteiger partial charge >= 0.3 is 0 Å². The minimum Gasteiger partial charge on any atom is -0.376 e. The fraction of sp³-hybridized carbons (Fsp3) is 1.00. The summed E-state index contributed by atoms with van der Waals surface area (Å²) in [5.41, 5.74) is 0. The Kier molecular flexibility index (Phi) is 3.45. The Morgan fingerprint density at radius 3 is 2.71 bits per heavy atom. The molecule has 1 heterocycles. The van der Waals surface area contributed by atoms with Gasteiger partial charge in [-0.05, 0) is 32.6 Å². The predicted molar refractivity (Wildman–Crippen MR) is 58.4 cm³/mol. The highest BCUT2D eigenvalue weighted by Crippen LogP contribution is 2.34. The Morgan fingerprint density at radius 2 is 2.07 bits per heavy atom. The van der Waals surface area contributed by atoms with Crippen LogP contribution >= 0.6 is 0 Å². The zero-order valence-electron chi connectivity index (χ0n) is 9.54. The van der Waals surface area contributed by atoms with Gasteiger partial charge in [0, 0.05) is 19.1 Å². The summed E-state index contributed by atoms with van der Waals surface area (Å²) in [6.07, 6.45) is 6.15. The van der Waals surface area contributed by atoms with Gasteiger partial charge in [-0.2, -0.15) is 0 Å². The topological polar surface area (TPSA) is 12.5 Å². The van der Waals surface area contributed by atoms with E-state index in [0.717, 1.165) is 25.6 Å². The number of hydrogen-bond donors (Lipinski definition) is 0. The summed E-state index contributed by atoms with van der Waals surface area (Å²) < 4.78 is 5.79. The summed E-state index contributed by atoms with van der Waals surface area (Å²) in [5, 5.41) is 0. The number of ether oxygens (including phenoxy) is 1. The second-order valence-electron chi connectivity index (χ2n) is 5.10. The van der Waals surface area contributed by atoms with Crippen LogP contribution in [0.5, 0.6) is 0 Å². The van der Waals surface area contributed by atoms with Gasteiger partial charge in [0.25, 0.3) is 0 Å². The first-order chi connectivity index (χ1) is 6.75. The van der Waals surface area contributed by atoms with Gasteiger partial charge in [0.15, 0.2) is 0 Å². The van der Waals surface area contributed by atoms with Crippen LogP contribution in [0, 0.1) is 5.92 Å². The van der Waals surface area contributed by atoms with Gasteiger partial charge in [0.1, 0.15) is 0 Å². The van der Waals surface area contributed by atoms with Crippen molar-refractivity contribution in [2.24, 2.45) is 5.92 Å². The van der Waals surface area contributed by atoms with Crippen LogP contribution in [0.4, 0.5) is 0 Å². The van der Waals surface area contributed by atoms with Crippen molar-refractivity contribution in [3.63, 3.8) is 0 Å². The molecule has 0 amide bonds. The molecule has 0 aromatic rings. The maximum Gasteiger partial charge on any atom is 0.0702 e. The molecule has 14 heavy (non-hydrogen) atoms. The Hall–Kier alpha value is -0.0800. The van der Waals surface area contributed by atoms with E-state index >= 15 is 0 Å². The van der Waals surface area contributed by atoms with Gasteiger partial charge in [0.05, 0.1) is 12.7 Å². The SMILES string of the molecule is CC(C)N1CCO[C@H](CCC2CC2)C1. The zero-order valence-corrected chi connectivity index (χ0v) is 9.54. The van der Waals surface area contributed by atoms with Crippen molar-refractivity contribution >= 4 is 0 Å². The summed E-state index contributed by atoms with van der Waals surface area (Å²) >= 11 is 0. The van der Waals surface area contributed by atoms with Gasteiger partial charge in [0.2, 0.25) is 0 Å². The quantitative estimate of drug-likeness (QED) is 0.685. The molecule has 2 aliphatic rings. The minimum absolute atomic E-state index is 0.520. The summed E-state index contributed by atoms with van der Waals surface area (Å²) in [7, 11) is 0. The molecule has 2 nitrogen and oxygen atoms in total. The van der Waals surface area contributed by atoms with E-state index < -0.39 is 0 Å². The second kappa shape index (κ2) is 4.63. The molecule has 0 unspecified atom stereocenters. The third-order valence-electron chi connectivity index (χ3n) is 3.49. The largest absolute Gasteiger partial charge is 0.376 e. The Bertz CT molecular complexity index is 177. The van der Waals surface area contributed by atoms with Gasteiger partial charge in [-0.25, -0.2) is 0 Å². The molecule has 0 aromatic carbocycles. The first-order valence-electron chi connectivity index (χ1n) is 6.11. The first kappa shape index (κ1) is 10.4. The lowest BCUT2D eigenvalue weighted by molar-refractivity contribution is -0.0430. The lowest BCUT2D eigenvalue weighted by Crippen LogP contribution is -2.45. The lowest BCUT2D eigenvalue weighted by atomic mass is 10.1. The average molecular weight is 197 g/mol. The maximum absolute atomic E-state index is 5.79. The van der Waals surface area contributed by atoms with E-state index in [4.69, 9.17) is 4.74 Å². The van der Waals surface area contributed by atoms with E-state index in [0.29, 0.717) is 12.1 Å². The van der Waals surface area contributed by atoms with Gasteiger partial charge in [-0.15, -0.1) is 0 Å². The summed E-state index contributed by atoms with van der Waals surface area (Å²) in [4.78, 5) is 2.54. The molecule has 2 fully saturated rings. The maximum atomic E-state index is 5.79. The van der Waals surface area contributed by atoms with E-state index in [1.165, 1.54) is 25.7 Å². The molecule has 0 radical (unpaired) electrons. The fourth-order valence-corrected chi connectivity index (χ4v) is 2.21. The van der Waals surface area contributed by atoms with Crippen molar-refractivity contribution in [2.45, 2.75) is 51.7 Å². The number of hydrogen-bond acceptors (Lipinski definition) is 2. The van der Waals surface area contributed by atoms with Crippen molar-refractivity contribution < 1.29 is 4.74 Å². The van der Waals surface area contributed by atoms with Gasteiger partial charge < -0.3 is 4.74 Å². The molecular weight excluding hydrogens is 174 g/mol. The minimum atomic E-state index is 0.520. The number of rotatable bonds is 4. The van der Waals surface area contributed by atoms with Crippen LogP contribution in [0.15, 0.2) is 0 Å². The highest BCUT2D eigenvalue weighted by molar-refractivity contribution is 4.78. The van der Waals surface area contributed by atoms with Crippen LogP contribution in [0.2, 0.25) is 0 Å². The normalized spacial score (nSPS) is 29.8. The molecule has 0 bridgehead atoms. The smallest absolute Gasteiger partial charge is 0.0702 e. The van der Waals surface area contributed by atoms with E-state index in [2.05, 4.69) is 18.7 Å². The molecule has 2 rings (SSSR count). The zero-order chi connectivity index (χ0) is 9.97. The third-order valence-corrected chi connectivity index (χ3v) is 3.49. The summed E-state index contributed by atoms with van der Waals surface area (Å²) in [5.74, 6) is 1.05. The van der Waals surface area contributed by atoms with Crippen LogP contribution in [0.25, 0.3) is 0 Å². The predicted octanol–water partition coefficient (Wildman–Crippen LogP) is 2.29. The van der Waals surface area contributed by atoms with E-state index in [9.17, 15) is 0 Å². The van der Waals surface area contributed by atoms with Gasteiger partial charge in [-0.3, -0.25) is 4.90 Å². The van der Waals surface area contributed by atoms with Gasteiger partial charge in [-0.1, -0.05) is 12.8 Å². The van der Waals surface area contributed by atoms with Crippen molar-refractivity contribution in [2.75, 3.05) is 19.7 Å². The van der Waals surface area contributed by atoms with Crippen LogP contribution in [-0.4, -0.2) is 36.7 Å². The highest BCUT2D eigenvalue weighted by Gasteiger charge is 2.26. The Balaban J connectivity index is 1.69. The molecule has 82 valence electrons. The molecule has 1 aliphatic carbocycles. The molecular formula is C12H23NO. The molecule has 1 saturated heterocycles. The van der Waals surface area contributed by atoms with Crippen molar-refractivity contribution in [1.82, 2.24) is 4.90 Å². The number of morpholine rings is 1. The third kappa shape index (κ3) is 2.96. The Morgan fingerprint density at radius 1 is 1.29 bits per heavy atom. The molecule has 1 aliphatic heterocycles. The van der Waals surface area contributed by atoms with Crippen molar-refractivity contribution in [3.8, 4) is 0 Å². The van der Waals surface area contributed by atoms with Crippen molar-refractivity contribution in [1.29, 1.82) is 0 Å². The van der Waals surface area contributed by atoms with E-state index in [-0.39, 0.29) is 0 Å². The Labute approximate surface area is 87.6 Å². The molecule has 2 heteroatoms. The summed E-state index contributed by atoms with van der Waals surface area (Å²) in [6, 6.07) is 0.683. The van der Waals surface area contributed by atoms with Crippen LogP contribution in [-0.2, 0) is 4.74 Å². The lowest BCUT2D eigenvalue weighted by Gasteiger charge is -2.35. The molecule has 0 N–H and O–H groups in total. The highest BCUT2D eigenvalue weighted by atomic mass is 16.5. The molecule has 1 atom stereocenters. The standard InChI is InChI=1S/C12H23NO/c1-10(2)13-7-8-14-12(9-13)6-5-11-3-4-11/h10-12H,3-9H2,1-2H3/t12-/m1/s1. The average Bonchev–Trinajstić information content (AvgIpc) is 2.99. The molecule has 0 aromatic heterocycles. The van der Waals surface area contributed by atoms with Crippen LogP contribution in [0.3, 0.4) is 0 Å². The summed E-state index contributed by atoms with van der Waals surface area (Å²) in [6.45, 7) is 7.78. The number of nitrogens with zero attached hydrogens (tertiary/aromatic N) is 1. The molecule has 1 saturated carbocycles. The monoisotopic (exact) mass is 197 g/mol. The van der Waals surface area contributed by atoms with Crippen molar-refractivity contribution in [3.05, 3.63) is 0 Å². The molecule has 0 spiro atoms. The second-order valence-corrected chi connectivity index (χ2v) is 5.10. The first-order valence-corrected chi connectivity index (χ1v) is 6.11. The fourth-order valence-electron chi connectivity index (χ4n) is 2.21. The van der Waals surface area contributed by atoms with Crippen LogP contribution in [0.1, 0.15) is 39.5 Å². The van der Waals surface area contributed by atoms with E-state index in [1.54, 1.807) is 0 Å². The van der Waals surface area contributed by atoms with Crippen LogP contribution < -0.4 is 0 Å². The van der Waals surface area contributed by atoms with E-state index in [1.807, 2.05) is 0 Å².